The summed E-state index contributed by atoms with van der Waals surface area (Å²) >= 11 is 4.56. The lowest BCUT2D eigenvalue weighted by atomic mass is 10.2. The van der Waals surface area contributed by atoms with Crippen molar-refractivity contribution in [1.29, 1.82) is 0 Å². The van der Waals surface area contributed by atoms with Gasteiger partial charge in [-0.15, -0.1) is 0 Å². The maximum absolute atomic E-state index is 11.7. The lowest BCUT2D eigenvalue weighted by Crippen LogP contribution is -2.42. The van der Waals surface area contributed by atoms with Gasteiger partial charge in [-0.2, -0.15) is 0 Å². The molecule has 3 N–H and O–H groups in total. The number of hydrogen-bond acceptors (Lipinski definition) is 5. The molecule has 0 unspecified atom stereocenters. The molecule has 0 aliphatic carbocycles. The van der Waals surface area contributed by atoms with Crippen molar-refractivity contribution in [3.8, 4) is 0 Å². The summed E-state index contributed by atoms with van der Waals surface area (Å²) < 4.78 is 47.9. The standard InChI is InChI=1S/C7H14N2O4S3/c8-7(14)5-9-16(12,13)6-1-3-15(10,11)4-2-6/h6,9H,1-5H2,(H2,8,14). The summed E-state index contributed by atoms with van der Waals surface area (Å²) in [4.78, 5) is 0.0620. The summed E-state index contributed by atoms with van der Waals surface area (Å²) in [5, 5.41) is -0.662. The van der Waals surface area contributed by atoms with Crippen LogP contribution < -0.4 is 10.5 Å². The maximum Gasteiger partial charge on any atom is 0.214 e. The molecule has 0 saturated carbocycles. The highest BCUT2D eigenvalue weighted by Gasteiger charge is 2.32. The van der Waals surface area contributed by atoms with Crippen LogP contribution in [0.25, 0.3) is 0 Å². The lowest BCUT2D eigenvalue weighted by molar-refractivity contribution is 0.546. The number of rotatable bonds is 4. The Hall–Kier alpha value is -0.250. The van der Waals surface area contributed by atoms with E-state index in [0.717, 1.165) is 0 Å². The average Bonchev–Trinajstić information content (AvgIpc) is 2.14. The van der Waals surface area contributed by atoms with Gasteiger partial charge in [0.05, 0.1) is 28.3 Å². The SMILES string of the molecule is NC(=S)CNS(=O)(=O)C1CCS(=O)(=O)CC1. The summed E-state index contributed by atoms with van der Waals surface area (Å²) in [6.07, 6.45) is 0.268. The molecule has 0 aromatic heterocycles. The van der Waals surface area contributed by atoms with Gasteiger partial charge in [-0.05, 0) is 12.8 Å². The third kappa shape index (κ3) is 3.96. The number of nitrogens with two attached hydrogens (primary N) is 1. The minimum Gasteiger partial charge on any atom is -0.392 e. The van der Waals surface area contributed by atoms with E-state index < -0.39 is 25.1 Å². The van der Waals surface area contributed by atoms with E-state index >= 15 is 0 Å². The highest BCUT2D eigenvalue weighted by Crippen LogP contribution is 2.18. The number of hydrogen-bond donors (Lipinski definition) is 2. The van der Waals surface area contributed by atoms with Crippen LogP contribution in [-0.2, 0) is 19.9 Å². The van der Waals surface area contributed by atoms with E-state index in [-0.39, 0.29) is 35.9 Å². The molecule has 94 valence electrons. The van der Waals surface area contributed by atoms with E-state index in [2.05, 4.69) is 16.9 Å². The highest BCUT2D eigenvalue weighted by atomic mass is 32.2. The summed E-state index contributed by atoms with van der Waals surface area (Å²) in [5.41, 5.74) is 5.18. The van der Waals surface area contributed by atoms with Crippen molar-refractivity contribution >= 4 is 37.1 Å². The van der Waals surface area contributed by atoms with E-state index in [0.29, 0.717) is 0 Å². The second-order valence-electron chi connectivity index (χ2n) is 3.68. The predicted molar refractivity (Wildman–Crippen MR) is 65.4 cm³/mol. The summed E-state index contributed by atoms with van der Waals surface area (Å²) in [5.74, 6) is -0.155. The van der Waals surface area contributed by atoms with Gasteiger partial charge in [-0.3, -0.25) is 0 Å². The van der Waals surface area contributed by atoms with Crippen molar-refractivity contribution in [3.05, 3.63) is 0 Å². The minimum absolute atomic E-state index is 0.0620. The van der Waals surface area contributed by atoms with Gasteiger partial charge in [0, 0.05) is 0 Å². The van der Waals surface area contributed by atoms with Gasteiger partial charge < -0.3 is 5.73 Å². The monoisotopic (exact) mass is 286 g/mol. The van der Waals surface area contributed by atoms with Crippen molar-refractivity contribution in [2.45, 2.75) is 18.1 Å². The van der Waals surface area contributed by atoms with Crippen LogP contribution in [0.3, 0.4) is 0 Å². The molecule has 0 aromatic rings. The van der Waals surface area contributed by atoms with Gasteiger partial charge in [0.2, 0.25) is 10.0 Å². The van der Waals surface area contributed by atoms with Crippen LogP contribution in [0.2, 0.25) is 0 Å². The first-order chi connectivity index (χ1) is 7.23. The van der Waals surface area contributed by atoms with E-state index in [1.165, 1.54) is 0 Å². The first-order valence-electron chi connectivity index (χ1n) is 4.70. The molecule has 0 spiro atoms. The Morgan fingerprint density at radius 1 is 1.38 bits per heavy atom. The van der Waals surface area contributed by atoms with Gasteiger partial charge in [-0.1, -0.05) is 12.2 Å². The molecule has 1 rings (SSSR count). The third-order valence-corrected chi connectivity index (χ3v) is 6.14. The van der Waals surface area contributed by atoms with E-state index in [4.69, 9.17) is 5.73 Å². The molecule has 0 atom stereocenters. The van der Waals surface area contributed by atoms with Crippen molar-refractivity contribution < 1.29 is 16.8 Å². The number of nitrogens with one attached hydrogen (secondary N) is 1. The topological polar surface area (TPSA) is 106 Å². The van der Waals surface area contributed by atoms with Crippen LogP contribution >= 0.6 is 12.2 Å². The number of sulfone groups is 1. The quantitative estimate of drug-likeness (QED) is 0.627. The van der Waals surface area contributed by atoms with Crippen LogP contribution in [0.5, 0.6) is 0 Å². The Balaban J connectivity index is 2.62. The van der Waals surface area contributed by atoms with Crippen molar-refractivity contribution in [1.82, 2.24) is 4.72 Å². The molecule has 0 bridgehead atoms. The Kier molecular flexibility index (Phi) is 4.27. The van der Waals surface area contributed by atoms with Crippen LogP contribution in [0.1, 0.15) is 12.8 Å². The largest absolute Gasteiger partial charge is 0.392 e. The average molecular weight is 286 g/mol. The minimum atomic E-state index is -3.51. The highest BCUT2D eigenvalue weighted by molar-refractivity contribution is 7.92. The van der Waals surface area contributed by atoms with Gasteiger partial charge in [-0.25, -0.2) is 21.6 Å². The van der Waals surface area contributed by atoms with Crippen LogP contribution in [0, 0.1) is 0 Å². The molecule has 0 amide bonds. The van der Waals surface area contributed by atoms with Gasteiger partial charge >= 0.3 is 0 Å². The van der Waals surface area contributed by atoms with Crippen molar-refractivity contribution in [2.24, 2.45) is 5.73 Å². The fourth-order valence-corrected chi connectivity index (χ4v) is 4.87. The molecule has 1 heterocycles. The predicted octanol–water partition coefficient (Wildman–Crippen LogP) is -1.23. The van der Waals surface area contributed by atoms with Crippen LogP contribution in [0.4, 0.5) is 0 Å². The molecule has 1 aliphatic heterocycles. The van der Waals surface area contributed by atoms with E-state index in [1.807, 2.05) is 0 Å². The molecule has 1 fully saturated rings. The number of thiocarbonyl (C=S) groups is 1. The zero-order valence-corrected chi connectivity index (χ0v) is 11.0. The molecule has 0 aromatic carbocycles. The molecule has 9 heteroatoms. The van der Waals surface area contributed by atoms with E-state index in [9.17, 15) is 16.8 Å². The Morgan fingerprint density at radius 3 is 2.31 bits per heavy atom. The molecule has 1 aliphatic rings. The second kappa shape index (κ2) is 4.94. The molecular formula is C7H14N2O4S3. The van der Waals surface area contributed by atoms with Crippen LogP contribution in [-0.4, -0.2) is 45.1 Å². The molecular weight excluding hydrogens is 272 g/mol. The summed E-state index contributed by atoms with van der Waals surface area (Å²) in [6, 6.07) is 0. The Labute approximate surface area is 101 Å². The zero-order chi connectivity index (χ0) is 12.4. The summed E-state index contributed by atoms with van der Waals surface area (Å²) in [6.45, 7) is -0.0824. The fourth-order valence-electron chi connectivity index (χ4n) is 1.47. The molecule has 1 saturated heterocycles. The summed E-state index contributed by atoms with van der Waals surface area (Å²) in [7, 11) is -6.56. The normalized spacial score (nSPS) is 21.8. The number of sulfonamides is 1. The third-order valence-electron chi connectivity index (χ3n) is 2.39. The molecule has 6 nitrogen and oxygen atoms in total. The lowest BCUT2D eigenvalue weighted by Gasteiger charge is -2.22. The first kappa shape index (κ1) is 13.8. The Morgan fingerprint density at radius 2 is 1.88 bits per heavy atom. The van der Waals surface area contributed by atoms with Gasteiger partial charge in [0.1, 0.15) is 9.84 Å². The Bertz CT molecular complexity index is 454. The fraction of sp³-hybridized carbons (Fsp3) is 0.857. The molecule has 0 radical (unpaired) electrons. The molecule has 16 heavy (non-hydrogen) atoms. The van der Waals surface area contributed by atoms with Gasteiger partial charge in [0.15, 0.2) is 0 Å². The van der Waals surface area contributed by atoms with E-state index in [1.54, 1.807) is 0 Å². The second-order valence-corrected chi connectivity index (χ2v) is 8.56. The zero-order valence-electron chi connectivity index (χ0n) is 8.55. The first-order valence-corrected chi connectivity index (χ1v) is 8.48. The smallest absolute Gasteiger partial charge is 0.214 e. The van der Waals surface area contributed by atoms with Crippen molar-refractivity contribution in [3.63, 3.8) is 0 Å². The maximum atomic E-state index is 11.7. The van der Waals surface area contributed by atoms with Crippen molar-refractivity contribution in [2.75, 3.05) is 18.1 Å². The van der Waals surface area contributed by atoms with Crippen LogP contribution in [0.15, 0.2) is 0 Å². The van der Waals surface area contributed by atoms with Gasteiger partial charge in [0.25, 0.3) is 0 Å².